The number of nitrogens with one attached hydrogen (secondary N) is 1. The molecule has 0 aliphatic rings. The molecule has 0 fully saturated rings. The van der Waals surface area contributed by atoms with Gasteiger partial charge in [0.2, 0.25) is 5.88 Å². The number of anilines is 1. The molecular formula is C11H14N4O. The summed E-state index contributed by atoms with van der Waals surface area (Å²) < 4.78 is 5.02. The second-order valence-electron chi connectivity index (χ2n) is 3.77. The van der Waals surface area contributed by atoms with Crippen molar-refractivity contribution in [3.8, 4) is 5.88 Å². The highest BCUT2D eigenvalue weighted by molar-refractivity contribution is 5.75. The van der Waals surface area contributed by atoms with Crippen molar-refractivity contribution in [3.63, 3.8) is 0 Å². The van der Waals surface area contributed by atoms with Crippen molar-refractivity contribution in [1.82, 2.24) is 15.0 Å². The van der Waals surface area contributed by atoms with E-state index >= 15 is 0 Å². The Morgan fingerprint density at radius 3 is 2.69 bits per heavy atom. The van der Waals surface area contributed by atoms with Gasteiger partial charge < -0.3 is 10.1 Å². The molecule has 2 rings (SSSR count). The van der Waals surface area contributed by atoms with Crippen LogP contribution in [0.3, 0.4) is 0 Å². The van der Waals surface area contributed by atoms with Crippen LogP contribution in [0.2, 0.25) is 0 Å². The minimum absolute atomic E-state index is 0.331. The molecule has 2 aromatic rings. The number of hydrogen-bond acceptors (Lipinski definition) is 5. The van der Waals surface area contributed by atoms with Crippen LogP contribution in [-0.4, -0.2) is 28.1 Å². The lowest BCUT2D eigenvalue weighted by Gasteiger charge is -2.08. The number of hydrogen-bond donors (Lipinski definition) is 1. The molecule has 0 bridgehead atoms. The first kappa shape index (κ1) is 10.6. The second kappa shape index (κ2) is 4.30. The van der Waals surface area contributed by atoms with E-state index in [0.29, 0.717) is 11.9 Å². The Bertz CT molecular complexity index is 498. The van der Waals surface area contributed by atoms with E-state index in [4.69, 9.17) is 4.74 Å². The summed E-state index contributed by atoms with van der Waals surface area (Å²) in [5, 5.41) is 3.19. The molecule has 2 aromatic heterocycles. The normalized spacial score (nSPS) is 10.8. The predicted octanol–water partition coefficient (Wildman–Crippen LogP) is 1.85. The average Bonchev–Trinajstić information content (AvgIpc) is 2.27. The third kappa shape index (κ3) is 2.18. The van der Waals surface area contributed by atoms with Gasteiger partial charge in [-0.2, -0.15) is 0 Å². The van der Waals surface area contributed by atoms with Crippen molar-refractivity contribution >= 4 is 16.9 Å². The van der Waals surface area contributed by atoms with Crippen molar-refractivity contribution in [2.24, 2.45) is 0 Å². The van der Waals surface area contributed by atoms with Crippen molar-refractivity contribution in [2.45, 2.75) is 19.9 Å². The van der Waals surface area contributed by atoms with Crippen LogP contribution in [0.1, 0.15) is 13.8 Å². The third-order valence-electron chi connectivity index (χ3n) is 2.05. The zero-order valence-electron chi connectivity index (χ0n) is 9.56. The van der Waals surface area contributed by atoms with Gasteiger partial charge in [-0.25, -0.2) is 9.97 Å². The molecule has 0 spiro atoms. The maximum atomic E-state index is 5.02. The number of pyridine rings is 1. The fraction of sp³-hybridized carbons (Fsp3) is 0.364. The van der Waals surface area contributed by atoms with Crippen LogP contribution < -0.4 is 10.1 Å². The fourth-order valence-corrected chi connectivity index (χ4v) is 1.37. The monoisotopic (exact) mass is 218 g/mol. The van der Waals surface area contributed by atoms with E-state index in [0.717, 1.165) is 16.9 Å². The average molecular weight is 218 g/mol. The Morgan fingerprint density at radius 2 is 2.00 bits per heavy atom. The van der Waals surface area contributed by atoms with E-state index in [2.05, 4.69) is 34.1 Å². The molecule has 0 saturated heterocycles. The fourth-order valence-electron chi connectivity index (χ4n) is 1.37. The quantitative estimate of drug-likeness (QED) is 0.852. The highest BCUT2D eigenvalue weighted by Crippen LogP contribution is 2.15. The predicted molar refractivity (Wildman–Crippen MR) is 62.6 cm³/mol. The lowest BCUT2D eigenvalue weighted by Crippen LogP contribution is -2.11. The SMILES string of the molecule is COc1cc2ncc(NC(C)C)nc2cn1. The molecule has 0 aliphatic carbocycles. The first-order valence-electron chi connectivity index (χ1n) is 5.12. The van der Waals surface area contributed by atoms with Gasteiger partial charge in [-0.3, -0.25) is 4.98 Å². The summed E-state index contributed by atoms with van der Waals surface area (Å²) in [6.07, 6.45) is 3.37. The Hall–Kier alpha value is -1.91. The molecule has 0 amide bonds. The van der Waals surface area contributed by atoms with E-state index in [1.54, 1.807) is 25.6 Å². The Kier molecular flexibility index (Phi) is 2.85. The topological polar surface area (TPSA) is 59.9 Å². The molecule has 5 nitrogen and oxygen atoms in total. The van der Waals surface area contributed by atoms with Gasteiger partial charge in [0.1, 0.15) is 11.3 Å². The van der Waals surface area contributed by atoms with Crippen LogP contribution in [0.15, 0.2) is 18.5 Å². The summed E-state index contributed by atoms with van der Waals surface area (Å²) in [6, 6.07) is 2.10. The van der Waals surface area contributed by atoms with Crippen LogP contribution in [0.5, 0.6) is 5.88 Å². The number of rotatable bonds is 3. The van der Waals surface area contributed by atoms with Crippen molar-refractivity contribution in [1.29, 1.82) is 0 Å². The van der Waals surface area contributed by atoms with Gasteiger partial charge in [0, 0.05) is 12.1 Å². The maximum absolute atomic E-state index is 5.02. The lowest BCUT2D eigenvalue weighted by molar-refractivity contribution is 0.398. The summed E-state index contributed by atoms with van der Waals surface area (Å²) in [6.45, 7) is 4.11. The second-order valence-corrected chi connectivity index (χ2v) is 3.77. The van der Waals surface area contributed by atoms with Gasteiger partial charge in [0.25, 0.3) is 0 Å². The first-order valence-corrected chi connectivity index (χ1v) is 5.12. The molecule has 84 valence electrons. The largest absolute Gasteiger partial charge is 0.481 e. The maximum Gasteiger partial charge on any atom is 0.215 e. The zero-order valence-corrected chi connectivity index (χ0v) is 9.56. The van der Waals surface area contributed by atoms with Gasteiger partial charge in [0.15, 0.2) is 0 Å². The van der Waals surface area contributed by atoms with E-state index < -0.39 is 0 Å². The van der Waals surface area contributed by atoms with Gasteiger partial charge in [0.05, 0.1) is 25.0 Å². The van der Waals surface area contributed by atoms with Crippen molar-refractivity contribution in [2.75, 3.05) is 12.4 Å². The minimum Gasteiger partial charge on any atom is -0.481 e. The molecule has 0 aliphatic heterocycles. The summed E-state index contributed by atoms with van der Waals surface area (Å²) >= 11 is 0. The molecule has 0 aromatic carbocycles. The molecular weight excluding hydrogens is 204 g/mol. The number of methoxy groups -OCH3 is 1. The lowest BCUT2D eigenvalue weighted by atomic mass is 10.3. The van der Waals surface area contributed by atoms with Gasteiger partial charge in [-0.05, 0) is 13.8 Å². The number of aromatic nitrogens is 3. The van der Waals surface area contributed by atoms with E-state index in [-0.39, 0.29) is 0 Å². The number of ether oxygens (including phenoxy) is 1. The third-order valence-corrected chi connectivity index (χ3v) is 2.05. The minimum atomic E-state index is 0.331. The molecule has 0 radical (unpaired) electrons. The summed E-state index contributed by atoms with van der Waals surface area (Å²) in [7, 11) is 1.58. The Morgan fingerprint density at radius 1 is 1.19 bits per heavy atom. The first-order chi connectivity index (χ1) is 7.69. The van der Waals surface area contributed by atoms with E-state index in [1.807, 2.05) is 0 Å². The number of fused-ring (bicyclic) bond motifs is 1. The molecule has 0 atom stereocenters. The van der Waals surface area contributed by atoms with Crippen LogP contribution in [0.25, 0.3) is 11.0 Å². The molecule has 5 heteroatoms. The molecule has 0 unspecified atom stereocenters. The van der Waals surface area contributed by atoms with Crippen molar-refractivity contribution in [3.05, 3.63) is 18.5 Å². The van der Waals surface area contributed by atoms with Gasteiger partial charge >= 0.3 is 0 Å². The van der Waals surface area contributed by atoms with Crippen molar-refractivity contribution < 1.29 is 4.74 Å². The van der Waals surface area contributed by atoms with E-state index in [9.17, 15) is 0 Å². The van der Waals surface area contributed by atoms with Gasteiger partial charge in [-0.15, -0.1) is 0 Å². The highest BCUT2D eigenvalue weighted by Gasteiger charge is 2.03. The van der Waals surface area contributed by atoms with Crippen LogP contribution in [-0.2, 0) is 0 Å². The smallest absolute Gasteiger partial charge is 0.215 e. The van der Waals surface area contributed by atoms with Crippen LogP contribution in [0, 0.1) is 0 Å². The Labute approximate surface area is 93.9 Å². The summed E-state index contributed by atoms with van der Waals surface area (Å²) in [4.78, 5) is 12.8. The molecule has 1 N–H and O–H groups in total. The van der Waals surface area contributed by atoms with Crippen LogP contribution >= 0.6 is 0 Å². The zero-order chi connectivity index (χ0) is 11.5. The Balaban J connectivity index is 2.39. The number of nitrogens with zero attached hydrogens (tertiary/aromatic N) is 3. The van der Waals surface area contributed by atoms with E-state index in [1.165, 1.54) is 0 Å². The van der Waals surface area contributed by atoms with Gasteiger partial charge in [-0.1, -0.05) is 0 Å². The highest BCUT2D eigenvalue weighted by atomic mass is 16.5. The summed E-state index contributed by atoms with van der Waals surface area (Å²) in [5.41, 5.74) is 1.53. The molecule has 16 heavy (non-hydrogen) atoms. The molecule has 0 saturated carbocycles. The summed E-state index contributed by atoms with van der Waals surface area (Å²) in [5.74, 6) is 1.31. The van der Waals surface area contributed by atoms with Crippen LogP contribution in [0.4, 0.5) is 5.82 Å². The molecule has 2 heterocycles. The standard InChI is InChI=1S/C11H14N4O/c1-7(2)14-10-6-12-8-4-11(16-3)13-5-9(8)15-10/h4-7H,1-3H3,(H,14,15).